The van der Waals surface area contributed by atoms with Crippen LogP contribution in [0, 0.1) is 0 Å². The minimum atomic E-state index is -0.0394. The molecule has 1 aromatic carbocycles. The van der Waals surface area contributed by atoms with E-state index in [1.54, 1.807) is 11.1 Å². The lowest BCUT2D eigenvalue weighted by molar-refractivity contribution is 0.0988. The number of para-hydroxylation sites is 1. The summed E-state index contributed by atoms with van der Waals surface area (Å²) in [4.78, 5) is 13.8. The number of carbonyl (C=O) groups excluding carboxylic acids is 1. The van der Waals surface area contributed by atoms with Crippen molar-refractivity contribution in [2.45, 2.75) is 6.92 Å². The van der Waals surface area contributed by atoms with Gasteiger partial charge in [-0.05, 0) is 19.1 Å². The second kappa shape index (κ2) is 4.61. The van der Waals surface area contributed by atoms with Gasteiger partial charge >= 0.3 is 0 Å². The van der Waals surface area contributed by atoms with Crippen LogP contribution in [0.3, 0.4) is 0 Å². The van der Waals surface area contributed by atoms with Crippen molar-refractivity contribution >= 4 is 11.6 Å². The molecular weight excluding hydrogens is 202 g/mol. The Bertz CT molecular complexity index is 450. The fourth-order valence-electron chi connectivity index (χ4n) is 1.58. The molecule has 1 N–H and O–H groups in total. The molecule has 0 unspecified atom stereocenters. The van der Waals surface area contributed by atoms with Crippen LogP contribution in [-0.4, -0.2) is 22.6 Å². The smallest absolute Gasteiger partial charge is 0.261 e. The highest BCUT2D eigenvalue weighted by molar-refractivity contribution is 6.05. The van der Waals surface area contributed by atoms with Crippen LogP contribution >= 0.6 is 0 Å². The van der Waals surface area contributed by atoms with E-state index in [2.05, 4.69) is 10.2 Å². The fraction of sp³-hybridized carbons (Fsp3) is 0.167. The van der Waals surface area contributed by atoms with Crippen LogP contribution in [0.2, 0.25) is 0 Å². The number of aromatic amines is 1. The van der Waals surface area contributed by atoms with Crippen LogP contribution in [0.25, 0.3) is 0 Å². The van der Waals surface area contributed by atoms with E-state index in [1.165, 1.54) is 6.20 Å². The van der Waals surface area contributed by atoms with Crippen LogP contribution in [-0.2, 0) is 0 Å². The molecule has 0 saturated carbocycles. The number of nitrogens with one attached hydrogen (secondary N) is 1. The monoisotopic (exact) mass is 215 g/mol. The van der Waals surface area contributed by atoms with Gasteiger partial charge in [0.25, 0.3) is 5.91 Å². The maximum absolute atomic E-state index is 12.1. The number of nitrogens with zero attached hydrogens (tertiary/aromatic N) is 2. The largest absolute Gasteiger partial charge is 0.309 e. The van der Waals surface area contributed by atoms with Gasteiger partial charge in [0, 0.05) is 18.4 Å². The zero-order chi connectivity index (χ0) is 11.4. The second-order valence-electron chi connectivity index (χ2n) is 3.37. The summed E-state index contributed by atoms with van der Waals surface area (Å²) >= 11 is 0. The Balaban J connectivity index is 2.27. The molecule has 0 fully saturated rings. The van der Waals surface area contributed by atoms with Crippen molar-refractivity contribution in [1.29, 1.82) is 0 Å². The average molecular weight is 215 g/mol. The van der Waals surface area contributed by atoms with E-state index < -0.39 is 0 Å². The van der Waals surface area contributed by atoms with Gasteiger partial charge in [0.05, 0.1) is 11.8 Å². The summed E-state index contributed by atoms with van der Waals surface area (Å²) in [6.45, 7) is 2.58. The summed E-state index contributed by atoms with van der Waals surface area (Å²) in [6, 6.07) is 9.60. The van der Waals surface area contributed by atoms with Gasteiger partial charge in [-0.2, -0.15) is 5.10 Å². The molecule has 4 nitrogen and oxygen atoms in total. The number of benzene rings is 1. The number of H-pyrrole nitrogens is 1. The number of aromatic nitrogens is 2. The highest BCUT2D eigenvalue weighted by atomic mass is 16.2. The molecule has 0 bridgehead atoms. The number of carbonyl (C=O) groups is 1. The van der Waals surface area contributed by atoms with E-state index in [0.29, 0.717) is 12.1 Å². The van der Waals surface area contributed by atoms with Gasteiger partial charge in [0.2, 0.25) is 0 Å². The average Bonchev–Trinajstić information content (AvgIpc) is 2.85. The van der Waals surface area contributed by atoms with Gasteiger partial charge in [-0.1, -0.05) is 18.2 Å². The summed E-state index contributed by atoms with van der Waals surface area (Å²) in [6.07, 6.45) is 3.14. The summed E-state index contributed by atoms with van der Waals surface area (Å²) < 4.78 is 0. The lowest BCUT2D eigenvalue weighted by Gasteiger charge is -2.20. The summed E-state index contributed by atoms with van der Waals surface area (Å²) in [5.41, 5.74) is 1.47. The molecule has 0 aliphatic heterocycles. The SMILES string of the molecule is CCN(C(=O)c1cn[nH]c1)c1ccccc1. The van der Waals surface area contributed by atoms with Gasteiger partial charge < -0.3 is 4.90 Å². The third kappa shape index (κ3) is 1.95. The minimum Gasteiger partial charge on any atom is -0.309 e. The molecule has 0 spiro atoms. The Morgan fingerprint density at radius 1 is 1.38 bits per heavy atom. The molecule has 0 saturated heterocycles. The molecule has 0 aliphatic carbocycles. The summed E-state index contributed by atoms with van der Waals surface area (Å²) in [7, 11) is 0. The molecule has 0 aliphatic rings. The van der Waals surface area contributed by atoms with Gasteiger partial charge in [-0.15, -0.1) is 0 Å². The third-order valence-corrected chi connectivity index (χ3v) is 2.37. The third-order valence-electron chi connectivity index (χ3n) is 2.37. The zero-order valence-corrected chi connectivity index (χ0v) is 9.05. The van der Waals surface area contributed by atoms with Crippen molar-refractivity contribution < 1.29 is 4.79 Å². The molecule has 1 amide bonds. The van der Waals surface area contributed by atoms with Crippen molar-refractivity contribution in [3.8, 4) is 0 Å². The molecule has 1 aromatic heterocycles. The van der Waals surface area contributed by atoms with Gasteiger partial charge in [0.15, 0.2) is 0 Å². The van der Waals surface area contributed by atoms with Crippen LogP contribution < -0.4 is 4.90 Å². The Hall–Kier alpha value is -2.10. The maximum Gasteiger partial charge on any atom is 0.261 e. The quantitative estimate of drug-likeness (QED) is 0.852. The standard InChI is InChI=1S/C12H13N3O/c1-2-15(11-6-4-3-5-7-11)12(16)10-8-13-14-9-10/h3-9H,2H2,1H3,(H,13,14). The lowest BCUT2D eigenvalue weighted by Crippen LogP contribution is -2.30. The van der Waals surface area contributed by atoms with Gasteiger partial charge in [-0.25, -0.2) is 0 Å². The topological polar surface area (TPSA) is 49.0 Å². The molecular formula is C12H13N3O. The number of amides is 1. The van der Waals surface area contributed by atoms with Crippen LogP contribution in [0.4, 0.5) is 5.69 Å². The zero-order valence-electron chi connectivity index (χ0n) is 9.05. The highest BCUT2D eigenvalue weighted by Crippen LogP contribution is 2.15. The number of hydrogen-bond donors (Lipinski definition) is 1. The van der Waals surface area contributed by atoms with Gasteiger partial charge in [0.1, 0.15) is 0 Å². The first-order chi connectivity index (χ1) is 7.83. The Kier molecular flexibility index (Phi) is 3.00. The second-order valence-corrected chi connectivity index (χ2v) is 3.37. The van der Waals surface area contributed by atoms with Crippen LogP contribution in [0.5, 0.6) is 0 Å². The Labute approximate surface area is 93.9 Å². The van der Waals surface area contributed by atoms with Gasteiger partial charge in [-0.3, -0.25) is 9.89 Å². The van der Waals surface area contributed by atoms with E-state index in [9.17, 15) is 4.79 Å². The molecule has 4 heteroatoms. The van der Waals surface area contributed by atoms with Crippen molar-refractivity contribution in [2.75, 3.05) is 11.4 Å². The summed E-state index contributed by atoms with van der Waals surface area (Å²) in [5, 5.41) is 6.42. The molecule has 1 heterocycles. The van der Waals surface area contributed by atoms with E-state index in [1.807, 2.05) is 37.3 Å². The first-order valence-electron chi connectivity index (χ1n) is 5.18. The molecule has 2 aromatic rings. The number of rotatable bonds is 3. The Morgan fingerprint density at radius 2 is 2.12 bits per heavy atom. The number of hydrogen-bond acceptors (Lipinski definition) is 2. The first-order valence-corrected chi connectivity index (χ1v) is 5.18. The maximum atomic E-state index is 12.1. The van der Waals surface area contributed by atoms with E-state index in [0.717, 1.165) is 5.69 Å². The summed E-state index contributed by atoms with van der Waals surface area (Å²) in [5.74, 6) is -0.0394. The molecule has 0 radical (unpaired) electrons. The van der Waals surface area contributed by atoms with E-state index in [-0.39, 0.29) is 5.91 Å². The number of anilines is 1. The molecule has 82 valence electrons. The first kappa shape index (κ1) is 10.4. The van der Waals surface area contributed by atoms with Crippen molar-refractivity contribution in [2.24, 2.45) is 0 Å². The predicted octanol–water partition coefficient (Wildman–Crippen LogP) is 2.08. The van der Waals surface area contributed by atoms with E-state index in [4.69, 9.17) is 0 Å². The Morgan fingerprint density at radius 3 is 2.69 bits per heavy atom. The lowest BCUT2D eigenvalue weighted by atomic mass is 10.2. The fourth-order valence-corrected chi connectivity index (χ4v) is 1.58. The van der Waals surface area contributed by atoms with Crippen molar-refractivity contribution in [3.63, 3.8) is 0 Å². The molecule has 0 atom stereocenters. The van der Waals surface area contributed by atoms with E-state index >= 15 is 0 Å². The predicted molar refractivity (Wildman–Crippen MR) is 62.4 cm³/mol. The highest BCUT2D eigenvalue weighted by Gasteiger charge is 2.16. The normalized spacial score (nSPS) is 10.1. The molecule has 2 rings (SSSR count). The van der Waals surface area contributed by atoms with Crippen LogP contribution in [0.15, 0.2) is 42.7 Å². The molecule has 16 heavy (non-hydrogen) atoms. The van der Waals surface area contributed by atoms with Crippen LogP contribution in [0.1, 0.15) is 17.3 Å². The van der Waals surface area contributed by atoms with Crippen molar-refractivity contribution in [1.82, 2.24) is 10.2 Å². The van der Waals surface area contributed by atoms with Crippen molar-refractivity contribution in [3.05, 3.63) is 48.3 Å². The minimum absolute atomic E-state index is 0.0394.